The third kappa shape index (κ3) is 12.6. The van der Waals surface area contributed by atoms with E-state index in [0.29, 0.717) is 64.0 Å². The fourth-order valence-electron chi connectivity index (χ4n) is 6.80. The van der Waals surface area contributed by atoms with E-state index in [2.05, 4.69) is 51.2 Å². The molecule has 0 spiro atoms. The zero-order chi connectivity index (χ0) is 49.8. The van der Waals surface area contributed by atoms with E-state index in [1.807, 2.05) is 0 Å². The Hall–Kier alpha value is -7.00. The number of aromatic nitrogens is 6. The molecule has 0 saturated carbocycles. The predicted molar refractivity (Wildman–Crippen MR) is 245 cm³/mol. The lowest BCUT2D eigenvalue weighted by Crippen LogP contribution is -2.37. The second-order valence-electron chi connectivity index (χ2n) is 15.0. The van der Waals surface area contributed by atoms with Gasteiger partial charge in [-0.3, -0.25) is 0 Å². The summed E-state index contributed by atoms with van der Waals surface area (Å²) in [6.45, 7) is 3.09. The molecule has 368 valence electrons. The van der Waals surface area contributed by atoms with Crippen LogP contribution in [0.15, 0.2) is 105 Å². The molecule has 2 fully saturated rings. The molecule has 0 radical (unpaired) electrons. The van der Waals surface area contributed by atoms with Crippen molar-refractivity contribution < 1.29 is 61.4 Å². The molecule has 2 aliphatic heterocycles. The van der Waals surface area contributed by atoms with Gasteiger partial charge in [0.05, 0.1) is 46.0 Å². The smallest absolute Gasteiger partial charge is 0.233 e. The van der Waals surface area contributed by atoms with Gasteiger partial charge in [-0.1, -0.05) is 24.3 Å². The molecule has 0 aliphatic carbocycles. The topological polar surface area (TPSA) is 379 Å². The molecule has 30 heteroatoms. The standard InChI is InChI=1S/C40H40N12O14S4/c53-67(54,55)31-11-7-27(8-12-31)41-35-45-37(49-39(47-35)51-15-19-65-20-16-51)43-29-5-3-25(33(23-29)69(59,60)61)1-2-26-4-6-30(24-34(26)70(62,63)64)44-38-46-36(48-40(50-38)52-17-21-66-22-18-52)42-28-9-13-32(14-10-28)68(56,57)58/h1-14,23-24H,15-22H2,(H,53,54,55)(H,56,57,58)(H,59,60,61)(H,62,63,64)(H2,41,43,45,47,49)(H2,42,44,46,48,50)/p-4. The van der Waals surface area contributed by atoms with Crippen LogP contribution < -0.4 is 31.1 Å². The monoisotopic (exact) mass is 1040 g/mol. The van der Waals surface area contributed by atoms with E-state index in [4.69, 9.17) is 9.47 Å². The Bertz CT molecular complexity index is 3190. The summed E-state index contributed by atoms with van der Waals surface area (Å²) >= 11 is 0. The molecule has 4 heterocycles. The van der Waals surface area contributed by atoms with Crippen molar-refractivity contribution in [3.05, 3.63) is 96.1 Å². The third-order valence-corrected chi connectivity index (χ3v) is 13.6. The molecule has 0 atom stereocenters. The lowest BCUT2D eigenvalue weighted by Gasteiger charge is -2.27. The van der Waals surface area contributed by atoms with Crippen LogP contribution in [0, 0.1) is 0 Å². The van der Waals surface area contributed by atoms with Crippen molar-refractivity contribution in [2.45, 2.75) is 19.6 Å². The van der Waals surface area contributed by atoms with Crippen molar-refractivity contribution in [2.75, 3.05) is 83.7 Å². The Morgan fingerprint density at radius 2 is 0.714 bits per heavy atom. The van der Waals surface area contributed by atoms with Gasteiger partial charge in [0, 0.05) is 48.9 Å². The number of morpholine rings is 2. The van der Waals surface area contributed by atoms with Gasteiger partial charge >= 0.3 is 0 Å². The van der Waals surface area contributed by atoms with Gasteiger partial charge < -0.3 is 58.8 Å². The Morgan fingerprint density at radius 1 is 0.414 bits per heavy atom. The zero-order valence-electron chi connectivity index (χ0n) is 35.8. The SMILES string of the molecule is O=S(=O)([O-])c1ccc(Nc2nc(Nc3ccc(C=Cc4ccc(Nc5nc(Nc6ccc(S(=O)(=O)[O-])cc6)nc(N6CCOCC6)n5)cc4S(=O)(=O)[O-])c(S(=O)(=O)[O-])c3)nc(N3CCOCC3)n2)cc1. The van der Waals surface area contributed by atoms with Crippen molar-refractivity contribution >= 4 is 111 Å². The summed E-state index contributed by atoms with van der Waals surface area (Å²) in [6.07, 6.45) is 2.27. The average molecular weight is 1040 g/mol. The van der Waals surface area contributed by atoms with Gasteiger partial charge in [0.25, 0.3) is 0 Å². The summed E-state index contributed by atoms with van der Waals surface area (Å²) in [6, 6.07) is 17.0. The molecule has 0 bridgehead atoms. The summed E-state index contributed by atoms with van der Waals surface area (Å²) in [5.41, 5.74) is 0.306. The molecule has 6 aromatic rings. The molecule has 2 aromatic heterocycles. The number of benzene rings is 4. The van der Waals surface area contributed by atoms with Crippen LogP contribution in [-0.4, -0.2) is 134 Å². The van der Waals surface area contributed by atoms with Gasteiger partial charge in [0.1, 0.15) is 40.5 Å². The van der Waals surface area contributed by atoms with Crippen LogP contribution in [0.1, 0.15) is 11.1 Å². The molecule has 26 nitrogen and oxygen atoms in total. The van der Waals surface area contributed by atoms with Crippen LogP contribution in [-0.2, 0) is 49.9 Å². The highest BCUT2D eigenvalue weighted by Gasteiger charge is 2.20. The van der Waals surface area contributed by atoms with Crippen molar-refractivity contribution in [3.63, 3.8) is 0 Å². The Balaban J connectivity index is 1.06. The highest BCUT2D eigenvalue weighted by Crippen LogP contribution is 2.30. The highest BCUT2D eigenvalue weighted by molar-refractivity contribution is 7.86. The van der Waals surface area contributed by atoms with Gasteiger partial charge in [-0.05, 0) is 83.9 Å². The Morgan fingerprint density at radius 3 is 1.01 bits per heavy atom. The van der Waals surface area contributed by atoms with Crippen LogP contribution in [0.25, 0.3) is 12.2 Å². The molecule has 4 aromatic carbocycles. The van der Waals surface area contributed by atoms with E-state index in [1.165, 1.54) is 48.5 Å². The second-order valence-corrected chi connectivity index (χ2v) is 20.4. The predicted octanol–water partition coefficient (Wildman–Crippen LogP) is 2.49. The number of nitrogens with zero attached hydrogens (tertiary/aromatic N) is 8. The maximum atomic E-state index is 12.7. The number of hydrogen-bond donors (Lipinski definition) is 4. The van der Waals surface area contributed by atoms with Crippen molar-refractivity contribution in [2.24, 2.45) is 0 Å². The summed E-state index contributed by atoms with van der Waals surface area (Å²) in [4.78, 5) is 27.7. The van der Waals surface area contributed by atoms with Gasteiger partial charge in [-0.15, -0.1) is 0 Å². The summed E-state index contributed by atoms with van der Waals surface area (Å²) < 4.78 is 155. The highest BCUT2D eigenvalue weighted by atomic mass is 32.2. The van der Waals surface area contributed by atoms with E-state index in [-0.39, 0.29) is 58.2 Å². The lowest BCUT2D eigenvalue weighted by molar-refractivity contribution is 0.122. The van der Waals surface area contributed by atoms with Crippen LogP contribution in [0.5, 0.6) is 0 Å². The Labute approximate surface area is 399 Å². The molecule has 0 amide bonds. The van der Waals surface area contributed by atoms with E-state index in [0.717, 1.165) is 48.6 Å². The lowest BCUT2D eigenvalue weighted by atomic mass is 10.1. The van der Waals surface area contributed by atoms with Crippen LogP contribution in [0.3, 0.4) is 0 Å². The third-order valence-electron chi connectivity index (χ3n) is 10.2. The first-order chi connectivity index (χ1) is 33.1. The molecule has 70 heavy (non-hydrogen) atoms. The number of rotatable bonds is 16. The first kappa shape index (κ1) is 49.4. The molecule has 2 saturated heterocycles. The number of anilines is 10. The number of nitrogens with one attached hydrogen (secondary N) is 4. The van der Waals surface area contributed by atoms with Gasteiger partial charge in [-0.2, -0.15) is 29.9 Å². The normalized spacial score (nSPS) is 14.9. The van der Waals surface area contributed by atoms with E-state index >= 15 is 0 Å². The molecule has 8 rings (SSSR count). The van der Waals surface area contributed by atoms with Crippen molar-refractivity contribution in [1.82, 2.24) is 29.9 Å². The molecular weight excluding hydrogens is 1000 g/mol. The van der Waals surface area contributed by atoms with Gasteiger partial charge in [-0.25, -0.2) is 33.7 Å². The van der Waals surface area contributed by atoms with Crippen LogP contribution in [0.2, 0.25) is 0 Å². The largest absolute Gasteiger partial charge is 0.744 e. The van der Waals surface area contributed by atoms with Crippen molar-refractivity contribution in [1.29, 1.82) is 0 Å². The molecule has 2 aliphatic rings. The summed E-state index contributed by atoms with van der Waals surface area (Å²) in [5, 5.41) is 11.5. The van der Waals surface area contributed by atoms with Crippen molar-refractivity contribution in [3.8, 4) is 0 Å². The minimum atomic E-state index is -5.22. The fraction of sp³-hybridized carbons (Fsp3) is 0.200. The maximum Gasteiger partial charge on any atom is 0.233 e. The van der Waals surface area contributed by atoms with Crippen LogP contribution >= 0.6 is 0 Å². The van der Waals surface area contributed by atoms with E-state index in [9.17, 15) is 51.9 Å². The Kier molecular flexibility index (Phi) is 14.2. The first-order valence-corrected chi connectivity index (χ1v) is 26.0. The second kappa shape index (κ2) is 20.2. The summed E-state index contributed by atoms with van der Waals surface area (Å²) in [5.74, 6) is 0.0737. The first-order valence-electron chi connectivity index (χ1n) is 20.4. The molecular formula is C40H36N12O14S4-4. The number of hydrogen-bond acceptors (Lipinski definition) is 26. The van der Waals surface area contributed by atoms with E-state index < -0.39 is 60.1 Å². The molecule has 0 unspecified atom stereocenters. The minimum absolute atomic E-state index is 0.0287. The maximum absolute atomic E-state index is 12.7. The van der Waals surface area contributed by atoms with Crippen LogP contribution in [0.4, 0.5) is 58.4 Å². The van der Waals surface area contributed by atoms with Gasteiger partial charge in [0.2, 0.25) is 35.7 Å². The summed E-state index contributed by atoms with van der Waals surface area (Å²) in [7, 11) is -19.9. The number of ether oxygens (including phenoxy) is 2. The minimum Gasteiger partial charge on any atom is -0.744 e. The van der Waals surface area contributed by atoms with E-state index in [1.54, 1.807) is 9.80 Å². The quantitative estimate of drug-likeness (QED) is 0.0799. The molecule has 4 N–H and O–H groups in total. The zero-order valence-corrected chi connectivity index (χ0v) is 39.1. The average Bonchev–Trinajstić information content (AvgIpc) is 3.31. The fourth-order valence-corrected chi connectivity index (χ4v) is 9.13. The van der Waals surface area contributed by atoms with Gasteiger partial charge in [0.15, 0.2) is 0 Å².